The Kier molecular flexibility index (Phi) is 4.43. The first-order valence-electron chi connectivity index (χ1n) is 8.79. The molecule has 26 heavy (non-hydrogen) atoms. The van der Waals surface area contributed by atoms with E-state index in [1.807, 2.05) is 0 Å². The van der Waals surface area contributed by atoms with E-state index in [0.29, 0.717) is 24.2 Å². The van der Waals surface area contributed by atoms with Gasteiger partial charge in [0.15, 0.2) is 0 Å². The van der Waals surface area contributed by atoms with Crippen molar-refractivity contribution in [2.24, 2.45) is 0 Å². The number of amides is 1. The van der Waals surface area contributed by atoms with E-state index in [-0.39, 0.29) is 11.5 Å². The van der Waals surface area contributed by atoms with Crippen molar-refractivity contribution in [1.29, 1.82) is 0 Å². The molecule has 1 N–H and O–H groups in total. The lowest BCUT2D eigenvalue weighted by Crippen LogP contribution is -2.33. The molecule has 1 aliphatic rings. The molecular weight excluding hydrogens is 330 g/mol. The van der Waals surface area contributed by atoms with Gasteiger partial charge in [0.25, 0.3) is 11.5 Å². The van der Waals surface area contributed by atoms with E-state index in [1.54, 1.807) is 36.7 Å². The number of hydrogen-bond donors (Lipinski definition) is 1. The van der Waals surface area contributed by atoms with Crippen molar-refractivity contribution >= 4 is 16.9 Å². The lowest BCUT2D eigenvalue weighted by Gasteiger charge is -2.16. The van der Waals surface area contributed by atoms with Gasteiger partial charge in [0.05, 0.1) is 23.3 Å². The molecule has 3 aromatic rings. The maximum Gasteiger partial charge on any atom is 0.267 e. The van der Waals surface area contributed by atoms with Gasteiger partial charge in [-0.3, -0.25) is 19.6 Å². The Labute approximate surface area is 150 Å². The average molecular weight is 349 g/mol. The van der Waals surface area contributed by atoms with Crippen molar-refractivity contribution in [3.05, 3.63) is 63.8 Å². The molecule has 4 rings (SSSR count). The van der Waals surface area contributed by atoms with Crippen LogP contribution in [0.3, 0.4) is 0 Å². The van der Waals surface area contributed by atoms with Crippen LogP contribution in [0, 0.1) is 0 Å². The Morgan fingerprint density at radius 2 is 1.88 bits per heavy atom. The fraction of sp³-hybridized carbons (Fsp3) is 0.316. The largest absolute Gasteiger partial charge is 0.350 e. The Morgan fingerprint density at radius 3 is 2.77 bits per heavy atom. The van der Waals surface area contributed by atoms with Crippen LogP contribution in [-0.2, 0) is 19.4 Å². The second-order valence-electron chi connectivity index (χ2n) is 6.40. The molecule has 2 aromatic heterocycles. The SMILES string of the molecule is O=C(NCCn1nc2c(cc1=O)CCCC2)c1ccc2nccnc2c1. The predicted octanol–water partition coefficient (Wildman–Crippen LogP) is 1.50. The molecule has 0 spiro atoms. The molecule has 1 aliphatic carbocycles. The van der Waals surface area contributed by atoms with Gasteiger partial charge in [-0.05, 0) is 49.4 Å². The van der Waals surface area contributed by atoms with Crippen molar-refractivity contribution in [3.8, 4) is 0 Å². The number of benzene rings is 1. The van der Waals surface area contributed by atoms with Crippen LogP contribution in [0.5, 0.6) is 0 Å². The molecule has 0 saturated heterocycles. The van der Waals surface area contributed by atoms with Gasteiger partial charge >= 0.3 is 0 Å². The van der Waals surface area contributed by atoms with Gasteiger partial charge < -0.3 is 5.32 Å². The van der Waals surface area contributed by atoms with Gasteiger partial charge in [0.1, 0.15) is 0 Å². The van der Waals surface area contributed by atoms with E-state index in [9.17, 15) is 9.59 Å². The Hall–Kier alpha value is -3.09. The summed E-state index contributed by atoms with van der Waals surface area (Å²) < 4.78 is 1.44. The van der Waals surface area contributed by atoms with Crippen molar-refractivity contribution < 1.29 is 4.79 Å². The van der Waals surface area contributed by atoms with E-state index in [1.165, 1.54) is 4.68 Å². The molecule has 0 radical (unpaired) electrons. The van der Waals surface area contributed by atoms with Gasteiger partial charge in [-0.25, -0.2) is 4.68 Å². The third-order valence-corrected chi connectivity index (χ3v) is 4.61. The summed E-state index contributed by atoms with van der Waals surface area (Å²) in [5, 5.41) is 7.29. The molecule has 0 bridgehead atoms. The minimum Gasteiger partial charge on any atom is -0.350 e. The summed E-state index contributed by atoms with van der Waals surface area (Å²) in [6, 6.07) is 6.88. The first kappa shape index (κ1) is 16.4. The minimum absolute atomic E-state index is 0.110. The number of fused-ring (bicyclic) bond motifs is 2. The molecular formula is C19H19N5O2. The van der Waals surface area contributed by atoms with Gasteiger partial charge in [-0.15, -0.1) is 0 Å². The molecule has 0 fully saturated rings. The first-order valence-corrected chi connectivity index (χ1v) is 8.79. The summed E-state index contributed by atoms with van der Waals surface area (Å²) in [5.41, 5.74) is 3.90. The van der Waals surface area contributed by atoms with E-state index >= 15 is 0 Å². The number of carbonyl (C=O) groups is 1. The Balaban J connectivity index is 1.42. The fourth-order valence-electron chi connectivity index (χ4n) is 3.24. The molecule has 1 amide bonds. The van der Waals surface area contributed by atoms with Crippen molar-refractivity contribution in [2.75, 3.05) is 6.54 Å². The van der Waals surface area contributed by atoms with Crippen LogP contribution in [0.4, 0.5) is 0 Å². The maximum absolute atomic E-state index is 12.3. The number of aromatic nitrogens is 4. The average Bonchev–Trinajstić information content (AvgIpc) is 2.68. The molecule has 7 heteroatoms. The molecule has 0 unspecified atom stereocenters. The quantitative estimate of drug-likeness (QED) is 0.771. The number of hydrogen-bond acceptors (Lipinski definition) is 5. The summed E-state index contributed by atoms with van der Waals surface area (Å²) >= 11 is 0. The molecule has 0 aliphatic heterocycles. The van der Waals surface area contributed by atoms with Crippen LogP contribution < -0.4 is 10.9 Å². The third-order valence-electron chi connectivity index (χ3n) is 4.61. The zero-order valence-corrected chi connectivity index (χ0v) is 14.3. The highest BCUT2D eigenvalue weighted by Gasteiger charge is 2.13. The number of aryl methyl sites for hydroxylation is 2. The molecule has 132 valence electrons. The summed E-state index contributed by atoms with van der Waals surface area (Å²) in [7, 11) is 0. The zero-order valence-electron chi connectivity index (χ0n) is 14.3. The molecule has 7 nitrogen and oxygen atoms in total. The highest BCUT2D eigenvalue weighted by molar-refractivity contribution is 5.97. The lowest BCUT2D eigenvalue weighted by molar-refractivity contribution is 0.0952. The van der Waals surface area contributed by atoms with Gasteiger partial charge in [-0.1, -0.05) is 0 Å². The highest BCUT2D eigenvalue weighted by Crippen LogP contribution is 2.16. The monoisotopic (exact) mass is 349 g/mol. The summed E-state index contributed by atoms with van der Waals surface area (Å²) in [5.74, 6) is -0.205. The first-order chi connectivity index (χ1) is 12.7. The summed E-state index contributed by atoms with van der Waals surface area (Å²) in [4.78, 5) is 32.9. The van der Waals surface area contributed by atoms with Crippen LogP contribution in [-0.4, -0.2) is 32.2 Å². The van der Waals surface area contributed by atoms with Crippen molar-refractivity contribution in [1.82, 2.24) is 25.1 Å². The third kappa shape index (κ3) is 3.33. The second-order valence-corrected chi connectivity index (χ2v) is 6.40. The summed E-state index contributed by atoms with van der Waals surface area (Å²) in [6.45, 7) is 0.689. The van der Waals surface area contributed by atoms with Crippen LogP contribution in [0.15, 0.2) is 41.5 Å². The minimum atomic E-state index is -0.205. The molecule has 1 aromatic carbocycles. The van der Waals surface area contributed by atoms with E-state index in [4.69, 9.17) is 0 Å². The van der Waals surface area contributed by atoms with E-state index < -0.39 is 0 Å². The fourth-order valence-corrected chi connectivity index (χ4v) is 3.24. The predicted molar refractivity (Wildman–Crippen MR) is 97.0 cm³/mol. The van der Waals surface area contributed by atoms with E-state index in [0.717, 1.165) is 42.5 Å². The molecule has 2 heterocycles. The number of nitrogens with zero attached hydrogens (tertiary/aromatic N) is 4. The Morgan fingerprint density at radius 1 is 1.08 bits per heavy atom. The highest BCUT2D eigenvalue weighted by atomic mass is 16.2. The van der Waals surface area contributed by atoms with Crippen LogP contribution >= 0.6 is 0 Å². The normalized spacial score (nSPS) is 13.4. The number of rotatable bonds is 4. The van der Waals surface area contributed by atoms with Crippen molar-refractivity contribution in [3.63, 3.8) is 0 Å². The second kappa shape index (κ2) is 7.03. The van der Waals surface area contributed by atoms with Crippen LogP contribution in [0.25, 0.3) is 11.0 Å². The summed E-state index contributed by atoms with van der Waals surface area (Å²) in [6.07, 6.45) is 7.29. The van der Waals surface area contributed by atoms with Crippen LogP contribution in [0.2, 0.25) is 0 Å². The van der Waals surface area contributed by atoms with Gasteiger partial charge in [0, 0.05) is 30.6 Å². The van der Waals surface area contributed by atoms with Crippen LogP contribution in [0.1, 0.15) is 34.5 Å². The topological polar surface area (TPSA) is 89.8 Å². The number of nitrogens with one attached hydrogen (secondary N) is 1. The standard InChI is InChI=1S/C19H19N5O2/c25-18-12-13-3-1-2-4-15(13)23-24(18)10-9-22-19(26)14-5-6-16-17(11-14)21-8-7-20-16/h5-8,11-12H,1-4,9-10H2,(H,22,26). The lowest BCUT2D eigenvalue weighted by atomic mass is 9.97. The van der Waals surface area contributed by atoms with E-state index in [2.05, 4.69) is 20.4 Å². The maximum atomic E-state index is 12.3. The zero-order chi connectivity index (χ0) is 17.9. The Bertz CT molecular complexity index is 1030. The van der Waals surface area contributed by atoms with Gasteiger partial charge in [0.2, 0.25) is 0 Å². The van der Waals surface area contributed by atoms with Gasteiger partial charge in [-0.2, -0.15) is 5.10 Å². The smallest absolute Gasteiger partial charge is 0.267 e. The number of carbonyl (C=O) groups excluding carboxylic acids is 1. The molecule has 0 saturated carbocycles. The van der Waals surface area contributed by atoms with Crippen molar-refractivity contribution in [2.45, 2.75) is 32.2 Å². The molecule has 0 atom stereocenters.